The molecule has 0 spiro atoms. The van der Waals surface area contributed by atoms with Crippen molar-refractivity contribution < 1.29 is 14.3 Å². The molecule has 0 saturated carbocycles. The number of rotatable bonds is 4. The van der Waals surface area contributed by atoms with Crippen LogP contribution in [0.25, 0.3) is 0 Å². The summed E-state index contributed by atoms with van der Waals surface area (Å²) in [5.74, 6) is 2.80. The van der Waals surface area contributed by atoms with Gasteiger partial charge in [0.2, 0.25) is 0 Å². The molecule has 1 rings (SSSR count). The first-order valence-electron chi connectivity index (χ1n) is 5.77. The average Bonchev–Trinajstić information content (AvgIpc) is 2.84. The molecule has 1 atom stereocenters. The molecule has 0 aromatic heterocycles. The molecule has 1 unspecified atom stereocenters. The Bertz CT molecular complexity index is 398. The lowest BCUT2D eigenvalue weighted by Crippen LogP contribution is -2.43. The van der Waals surface area contributed by atoms with Crippen LogP contribution in [0, 0.1) is 12.3 Å². The van der Waals surface area contributed by atoms with Crippen molar-refractivity contribution in [2.24, 2.45) is 0 Å². The molecule has 1 fully saturated rings. The van der Waals surface area contributed by atoms with E-state index in [1.165, 1.54) is 0 Å². The van der Waals surface area contributed by atoms with Gasteiger partial charge in [-0.05, 0) is 13.3 Å². The zero-order valence-corrected chi connectivity index (χ0v) is 11.5. The second kappa shape index (κ2) is 7.12. The predicted octanol–water partition coefficient (Wildman–Crippen LogP) is 1.42. The third-order valence-corrected chi connectivity index (χ3v) is 3.57. The molecule has 1 aliphatic heterocycles. The predicted molar refractivity (Wildman–Crippen MR) is 71.8 cm³/mol. The summed E-state index contributed by atoms with van der Waals surface area (Å²) in [5, 5.41) is 0. The number of hydrogen-bond donors (Lipinski definition) is 0. The Morgan fingerprint density at radius 1 is 1.61 bits per heavy atom. The lowest BCUT2D eigenvalue weighted by Gasteiger charge is -2.22. The van der Waals surface area contributed by atoms with Gasteiger partial charge in [-0.1, -0.05) is 18.9 Å². The summed E-state index contributed by atoms with van der Waals surface area (Å²) >= 11 is 1.54. The first-order valence-corrected chi connectivity index (χ1v) is 6.92. The molecule has 98 valence electrons. The van der Waals surface area contributed by atoms with Crippen LogP contribution in [0.3, 0.4) is 0 Å². The highest BCUT2D eigenvalue weighted by Gasteiger charge is 2.35. The standard InChI is InChI=1S/C13H17NO3S/c1-4-6-10(3)12(15)14-9-18-8-11(14)13(16)17-7-5-2/h2,6,11H,4,7-9H2,1,3H3. The van der Waals surface area contributed by atoms with Crippen molar-refractivity contribution >= 4 is 23.6 Å². The Balaban J connectivity index is 2.70. The lowest BCUT2D eigenvalue weighted by molar-refractivity contribution is -0.150. The number of carbonyl (C=O) groups excluding carboxylic acids is 2. The largest absolute Gasteiger partial charge is 0.451 e. The molecule has 0 aromatic carbocycles. The lowest BCUT2D eigenvalue weighted by atomic mass is 10.2. The van der Waals surface area contributed by atoms with E-state index in [-0.39, 0.29) is 12.5 Å². The minimum absolute atomic E-state index is 0.0498. The Kier molecular flexibility index (Phi) is 5.79. The molecule has 1 aliphatic rings. The van der Waals surface area contributed by atoms with E-state index in [4.69, 9.17) is 11.2 Å². The SMILES string of the molecule is C#CCOC(=O)C1CSCN1C(=O)C(C)=CCC. The van der Waals surface area contributed by atoms with Crippen molar-refractivity contribution in [2.45, 2.75) is 26.3 Å². The fraction of sp³-hybridized carbons (Fsp3) is 0.538. The van der Waals surface area contributed by atoms with Crippen LogP contribution in [0.2, 0.25) is 0 Å². The molecular formula is C13H17NO3S. The van der Waals surface area contributed by atoms with Crippen LogP contribution in [0.15, 0.2) is 11.6 Å². The van der Waals surface area contributed by atoms with Gasteiger partial charge in [-0.15, -0.1) is 18.2 Å². The van der Waals surface area contributed by atoms with Gasteiger partial charge in [0.15, 0.2) is 6.61 Å². The van der Waals surface area contributed by atoms with Gasteiger partial charge < -0.3 is 9.64 Å². The number of esters is 1. The number of carbonyl (C=O) groups is 2. The zero-order chi connectivity index (χ0) is 13.5. The van der Waals surface area contributed by atoms with Crippen molar-refractivity contribution in [3.05, 3.63) is 11.6 Å². The molecule has 0 aromatic rings. The molecule has 4 nitrogen and oxygen atoms in total. The average molecular weight is 267 g/mol. The molecule has 1 saturated heterocycles. The van der Waals surface area contributed by atoms with Gasteiger partial charge in [-0.2, -0.15) is 0 Å². The fourth-order valence-electron chi connectivity index (χ4n) is 1.67. The van der Waals surface area contributed by atoms with Gasteiger partial charge in [-0.25, -0.2) is 4.79 Å². The second-order valence-corrected chi connectivity index (χ2v) is 4.90. The molecule has 18 heavy (non-hydrogen) atoms. The summed E-state index contributed by atoms with van der Waals surface area (Å²) in [6.07, 6.45) is 7.69. The van der Waals surface area contributed by atoms with Crippen LogP contribution < -0.4 is 0 Å². The smallest absolute Gasteiger partial charge is 0.330 e. The van der Waals surface area contributed by atoms with Gasteiger partial charge in [-0.3, -0.25) is 4.79 Å². The van der Waals surface area contributed by atoms with Crippen molar-refractivity contribution in [2.75, 3.05) is 18.2 Å². The Morgan fingerprint density at radius 2 is 2.33 bits per heavy atom. The summed E-state index contributed by atoms with van der Waals surface area (Å²) in [5.41, 5.74) is 0.662. The third kappa shape index (κ3) is 3.54. The molecule has 5 heteroatoms. The highest BCUT2D eigenvalue weighted by molar-refractivity contribution is 7.99. The van der Waals surface area contributed by atoms with E-state index in [9.17, 15) is 9.59 Å². The first-order chi connectivity index (χ1) is 8.61. The zero-order valence-electron chi connectivity index (χ0n) is 10.6. The highest BCUT2D eigenvalue weighted by Crippen LogP contribution is 2.23. The van der Waals surface area contributed by atoms with E-state index in [0.717, 1.165) is 6.42 Å². The van der Waals surface area contributed by atoms with E-state index in [1.54, 1.807) is 23.6 Å². The summed E-state index contributed by atoms with van der Waals surface area (Å²) in [4.78, 5) is 25.4. The normalized spacial score (nSPS) is 19.5. The maximum atomic E-state index is 12.1. The maximum absolute atomic E-state index is 12.1. The van der Waals surface area contributed by atoms with E-state index < -0.39 is 12.0 Å². The quantitative estimate of drug-likeness (QED) is 0.439. The van der Waals surface area contributed by atoms with Gasteiger partial charge in [0, 0.05) is 11.3 Å². The Hall–Kier alpha value is -1.41. The molecule has 1 heterocycles. The van der Waals surface area contributed by atoms with Crippen LogP contribution in [0.5, 0.6) is 0 Å². The van der Waals surface area contributed by atoms with Crippen molar-refractivity contribution in [1.29, 1.82) is 0 Å². The minimum Gasteiger partial charge on any atom is -0.451 e. The van der Waals surface area contributed by atoms with Crippen LogP contribution >= 0.6 is 11.8 Å². The Labute approximate surface area is 112 Å². The van der Waals surface area contributed by atoms with Crippen LogP contribution in [0.4, 0.5) is 0 Å². The third-order valence-electron chi connectivity index (χ3n) is 2.56. The maximum Gasteiger partial charge on any atom is 0.330 e. The van der Waals surface area contributed by atoms with Crippen molar-refractivity contribution in [3.8, 4) is 12.3 Å². The van der Waals surface area contributed by atoms with Crippen LogP contribution in [0.1, 0.15) is 20.3 Å². The van der Waals surface area contributed by atoms with E-state index in [2.05, 4.69) is 5.92 Å². The van der Waals surface area contributed by atoms with E-state index in [0.29, 0.717) is 17.2 Å². The second-order valence-electron chi connectivity index (χ2n) is 3.90. The van der Waals surface area contributed by atoms with Crippen LogP contribution in [-0.4, -0.2) is 41.1 Å². The first kappa shape index (κ1) is 14.7. The number of amides is 1. The summed E-state index contributed by atoms with van der Waals surface area (Å²) in [6.45, 7) is 3.68. The molecule has 0 aliphatic carbocycles. The minimum atomic E-state index is -0.518. The molecular weight excluding hydrogens is 250 g/mol. The summed E-state index contributed by atoms with van der Waals surface area (Å²) in [6, 6.07) is -0.518. The number of thioether (sulfide) groups is 1. The van der Waals surface area contributed by atoms with Gasteiger partial charge in [0.25, 0.3) is 5.91 Å². The number of ether oxygens (including phenoxy) is 1. The number of hydrogen-bond acceptors (Lipinski definition) is 4. The summed E-state index contributed by atoms with van der Waals surface area (Å²) < 4.78 is 4.89. The monoisotopic (exact) mass is 267 g/mol. The topological polar surface area (TPSA) is 46.6 Å². The van der Waals surface area contributed by atoms with Crippen molar-refractivity contribution in [1.82, 2.24) is 4.90 Å². The molecule has 1 amide bonds. The van der Waals surface area contributed by atoms with Gasteiger partial charge in [0.1, 0.15) is 6.04 Å². The number of terminal acetylenes is 1. The van der Waals surface area contributed by atoms with Crippen LogP contribution in [-0.2, 0) is 14.3 Å². The number of allylic oxidation sites excluding steroid dienone is 1. The van der Waals surface area contributed by atoms with E-state index in [1.807, 2.05) is 13.0 Å². The van der Waals surface area contributed by atoms with Gasteiger partial charge in [0.05, 0.1) is 5.88 Å². The number of nitrogens with zero attached hydrogens (tertiary/aromatic N) is 1. The highest BCUT2D eigenvalue weighted by atomic mass is 32.2. The molecule has 0 radical (unpaired) electrons. The van der Waals surface area contributed by atoms with Gasteiger partial charge >= 0.3 is 5.97 Å². The fourth-order valence-corrected chi connectivity index (χ4v) is 2.81. The summed E-state index contributed by atoms with van der Waals surface area (Å²) in [7, 11) is 0. The van der Waals surface area contributed by atoms with Crippen molar-refractivity contribution in [3.63, 3.8) is 0 Å². The molecule has 0 N–H and O–H groups in total. The van der Waals surface area contributed by atoms with E-state index >= 15 is 0 Å². The Morgan fingerprint density at radius 3 is 2.94 bits per heavy atom. The molecule has 0 bridgehead atoms.